The lowest BCUT2D eigenvalue weighted by Crippen LogP contribution is -2.44. The Balaban J connectivity index is 1.78. The smallest absolute Gasteiger partial charge is 0.239 e. The lowest BCUT2D eigenvalue weighted by atomic mass is 9.91. The molecule has 2 aliphatic heterocycles. The van der Waals surface area contributed by atoms with Gasteiger partial charge in [0.15, 0.2) is 0 Å². The Morgan fingerprint density at radius 2 is 2.12 bits per heavy atom. The predicted molar refractivity (Wildman–Crippen MR) is 64.3 cm³/mol. The number of nitrogens with zero attached hydrogens (tertiary/aromatic N) is 1. The van der Waals surface area contributed by atoms with Gasteiger partial charge >= 0.3 is 0 Å². The average molecular weight is 243 g/mol. The first kappa shape index (κ1) is 12.8. The molecule has 0 bridgehead atoms. The van der Waals surface area contributed by atoms with Crippen LogP contribution in [0.2, 0.25) is 0 Å². The number of amides is 1. The molecule has 0 spiro atoms. The van der Waals surface area contributed by atoms with Crippen molar-refractivity contribution in [2.45, 2.75) is 37.9 Å². The molecular formula is C12H22FN3O. The van der Waals surface area contributed by atoms with E-state index in [0.29, 0.717) is 18.9 Å². The second kappa shape index (κ2) is 5.78. The van der Waals surface area contributed by atoms with Crippen molar-refractivity contribution in [2.24, 2.45) is 11.7 Å². The largest absolute Gasteiger partial charge is 0.338 e. The van der Waals surface area contributed by atoms with Crippen molar-refractivity contribution >= 4 is 5.91 Å². The summed E-state index contributed by atoms with van der Waals surface area (Å²) in [6.07, 6.45) is 2.53. The molecule has 0 saturated carbocycles. The van der Waals surface area contributed by atoms with E-state index in [9.17, 15) is 9.18 Å². The Morgan fingerprint density at radius 3 is 2.71 bits per heavy atom. The second-order valence-electron chi connectivity index (χ2n) is 5.21. The molecule has 0 aliphatic carbocycles. The molecule has 1 amide bonds. The van der Waals surface area contributed by atoms with Crippen molar-refractivity contribution in [3.63, 3.8) is 0 Å². The third-order valence-electron chi connectivity index (χ3n) is 3.81. The molecular weight excluding hydrogens is 221 g/mol. The summed E-state index contributed by atoms with van der Waals surface area (Å²) in [5.74, 6) is 0.475. The highest BCUT2D eigenvalue weighted by Crippen LogP contribution is 2.19. The van der Waals surface area contributed by atoms with Crippen molar-refractivity contribution in [1.29, 1.82) is 0 Å². The Labute approximate surface area is 102 Å². The van der Waals surface area contributed by atoms with E-state index in [2.05, 4.69) is 5.32 Å². The van der Waals surface area contributed by atoms with E-state index in [-0.39, 0.29) is 12.5 Å². The summed E-state index contributed by atoms with van der Waals surface area (Å²) in [5.41, 5.74) is 5.94. The minimum atomic E-state index is -0.856. The van der Waals surface area contributed by atoms with Crippen molar-refractivity contribution in [1.82, 2.24) is 10.2 Å². The minimum absolute atomic E-state index is 0.0660. The topological polar surface area (TPSA) is 58.4 Å². The van der Waals surface area contributed by atoms with Crippen molar-refractivity contribution in [2.75, 3.05) is 26.2 Å². The summed E-state index contributed by atoms with van der Waals surface area (Å²) in [4.78, 5) is 13.6. The molecule has 98 valence electrons. The van der Waals surface area contributed by atoms with Crippen LogP contribution in [0.25, 0.3) is 0 Å². The standard InChI is InChI=1S/C12H22FN3O/c13-10-3-6-16(8-10)12(17)11(14)7-9-1-4-15-5-2-9/h9-11,15H,1-8,14H2/t10-,11-/m0/s1. The first-order chi connectivity index (χ1) is 8.16. The van der Waals surface area contributed by atoms with Gasteiger partial charge in [-0.3, -0.25) is 4.79 Å². The van der Waals surface area contributed by atoms with Gasteiger partial charge < -0.3 is 16.0 Å². The molecule has 2 heterocycles. The predicted octanol–water partition coefficient (Wildman–Crippen LogP) is 0.274. The number of likely N-dealkylation sites (tertiary alicyclic amines) is 1. The summed E-state index contributed by atoms with van der Waals surface area (Å²) in [5, 5.41) is 3.29. The van der Waals surface area contributed by atoms with Crippen molar-refractivity contribution < 1.29 is 9.18 Å². The number of piperidine rings is 1. The van der Waals surface area contributed by atoms with E-state index in [0.717, 1.165) is 32.4 Å². The van der Waals surface area contributed by atoms with Crippen LogP contribution in [-0.2, 0) is 4.79 Å². The Kier molecular flexibility index (Phi) is 4.34. The average Bonchev–Trinajstić information content (AvgIpc) is 2.76. The van der Waals surface area contributed by atoms with Gasteiger partial charge in [-0.1, -0.05) is 0 Å². The molecule has 17 heavy (non-hydrogen) atoms. The van der Waals surface area contributed by atoms with E-state index in [1.54, 1.807) is 4.90 Å². The van der Waals surface area contributed by atoms with Gasteiger partial charge in [-0.25, -0.2) is 4.39 Å². The fourth-order valence-electron chi connectivity index (χ4n) is 2.73. The van der Waals surface area contributed by atoms with Crippen LogP contribution in [0.1, 0.15) is 25.7 Å². The monoisotopic (exact) mass is 243 g/mol. The van der Waals surface area contributed by atoms with Gasteiger partial charge in [0.25, 0.3) is 0 Å². The molecule has 0 unspecified atom stereocenters. The van der Waals surface area contributed by atoms with Gasteiger partial charge in [0.05, 0.1) is 12.6 Å². The lowest BCUT2D eigenvalue weighted by molar-refractivity contribution is -0.132. The first-order valence-corrected chi connectivity index (χ1v) is 6.56. The fourth-order valence-corrected chi connectivity index (χ4v) is 2.73. The van der Waals surface area contributed by atoms with E-state index in [1.165, 1.54) is 0 Å². The van der Waals surface area contributed by atoms with E-state index < -0.39 is 12.2 Å². The normalized spacial score (nSPS) is 28.4. The first-order valence-electron chi connectivity index (χ1n) is 6.56. The fraction of sp³-hybridized carbons (Fsp3) is 0.917. The van der Waals surface area contributed by atoms with E-state index >= 15 is 0 Å². The molecule has 2 saturated heterocycles. The summed E-state index contributed by atoms with van der Waals surface area (Å²) in [6, 6.07) is -0.441. The number of nitrogens with one attached hydrogen (secondary N) is 1. The maximum Gasteiger partial charge on any atom is 0.239 e. The Hall–Kier alpha value is -0.680. The van der Waals surface area contributed by atoms with Crippen LogP contribution in [0.4, 0.5) is 4.39 Å². The van der Waals surface area contributed by atoms with Crippen LogP contribution in [0.15, 0.2) is 0 Å². The van der Waals surface area contributed by atoms with Gasteiger partial charge in [0.2, 0.25) is 5.91 Å². The van der Waals surface area contributed by atoms with Gasteiger partial charge in [0, 0.05) is 6.54 Å². The summed E-state index contributed by atoms with van der Waals surface area (Å²) >= 11 is 0. The number of carbonyl (C=O) groups is 1. The molecule has 0 aromatic rings. The highest BCUT2D eigenvalue weighted by molar-refractivity contribution is 5.81. The Bertz CT molecular complexity index is 268. The maximum absolute atomic E-state index is 13.0. The van der Waals surface area contributed by atoms with Gasteiger partial charge in [0.1, 0.15) is 6.17 Å². The van der Waals surface area contributed by atoms with Gasteiger partial charge in [-0.05, 0) is 44.7 Å². The molecule has 0 aromatic heterocycles. The van der Waals surface area contributed by atoms with Crippen LogP contribution in [0, 0.1) is 5.92 Å². The van der Waals surface area contributed by atoms with Crippen molar-refractivity contribution in [3.8, 4) is 0 Å². The van der Waals surface area contributed by atoms with E-state index in [1.807, 2.05) is 0 Å². The molecule has 5 heteroatoms. The highest BCUT2D eigenvalue weighted by atomic mass is 19.1. The molecule has 4 nitrogen and oxygen atoms in total. The highest BCUT2D eigenvalue weighted by Gasteiger charge is 2.30. The van der Waals surface area contributed by atoms with Crippen LogP contribution in [-0.4, -0.2) is 49.2 Å². The number of rotatable bonds is 3. The number of halogens is 1. The number of hydrogen-bond acceptors (Lipinski definition) is 3. The SMILES string of the molecule is N[C@@H](CC1CCNCC1)C(=O)N1CC[C@H](F)C1. The van der Waals surface area contributed by atoms with Crippen LogP contribution >= 0.6 is 0 Å². The zero-order chi connectivity index (χ0) is 12.3. The molecule has 0 aromatic carbocycles. The molecule has 0 radical (unpaired) electrons. The van der Waals surface area contributed by atoms with E-state index in [4.69, 9.17) is 5.73 Å². The lowest BCUT2D eigenvalue weighted by Gasteiger charge is -2.27. The van der Waals surface area contributed by atoms with Gasteiger partial charge in [-0.2, -0.15) is 0 Å². The summed E-state index contributed by atoms with van der Waals surface area (Å²) in [6.45, 7) is 2.79. The third kappa shape index (κ3) is 3.39. The van der Waals surface area contributed by atoms with Crippen molar-refractivity contribution in [3.05, 3.63) is 0 Å². The Morgan fingerprint density at radius 1 is 1.41 bits per heavy atom. The molecule has 2 fully saturated rings. The number of carbonyl (C=O) groups excluding carboxylic acids is 1. The quantitative estimate of drug-likeness (QED) is 0.748. The zero-order valence-corrected chi connectivity index (χ0v) is 10.2. The maximum atomic E-state index is 13.0. The number of alkyl halides is 1. The third-order valence-corrected chi connectivity index (χ3v) is 3.81. The van der Waals surface area contributed by atoms with Crippen LogP contribution in [0.3, 0.4) is 0 Å². The van der Waals surface area contributed by atoms with Crippen LogP contribution < -0.4 is 11.1 Å². The molecule has 2 rings (SSSR count). The molecule has 2 aliphatic rings. The summed E-state index contributed by atoms with van der Waals surface area (Å²) < 4.78 is 13.0. The zero-order valence-electron chi connectivity index (χ0n) is 10.2. The van der Waals surface area contributed by atoms with Gasteiger partial charge in [-0.15, -0.1) is 0 Å². The number of hydrogen-bond donors (Lipinski definition) is 2. The minimum Gasteiger partial charge on any atom is -0.338 e. The molecule has 2 atom stereocenters. The van der Waals surface area contributed by atoms with Crippen LogP contribution in [0.5, 0.6) is 0 Å². The molecule has 3 N–H and O–H groups in total. The second-order valence-corrected chi connectivity index (χ2v) is 5.21. The number of nitrogens with two attached hydrogens (primary N) is 1. The summed E-state index contributed by atoms with van der Waals surface area (Å²) in [7, 11) is 0.